The lowest BCUT2D eigenvalue weighted by atomic mass is 9.98. The van der Waals surface area contributed by atoms with Crippen molar-refractivity contribution in [3.8, 4) is 5.75 Å². The molecule has 0 N–H and O–H groups in total. The number of hydrogen-bond donors (Lipinski definition) is 0. The smallest absolute Gasteiger partial charge is 0.280 e. The van der Waals surface area contributed by atoms with Crippen molar-refractivity contribution in [3.63, 3.8) is 0 Å². The number of halogens is 2. The zero-order valence-corrected chi connectivity index (χ0v) is 18.1. The molecule has 0 radical (unpaired) electrons. The molecule has 7 nitrogen and oxygen atoms in total. The molecule has 3 heterocycles. The number of carbonyl (C=O) groups is 1. The third-order valence-corrected chi connectivity index (χ3v) is 5.69. The molecule has 0 aliphatic carbocycles. The summed E-state index contributed by atoms with van der Waals surface area (Å²) in [5.41, 5.74) is 1.23. The van der Waals surface area contributed by atoms with Crippen molar-refractivity contribution >= 4 is 5.91 Å². The number of oxazole rings is 1. The number of rotatable bonds is 7. The Labute approximate surface area is 185 Å². The lowest BCUT2D eigenvalue weighted by Gasteiger charge is -2.31. The van der Waals surface area contributed by atoms with Crippen LogP contribution in [0.4, 0.5) is 8.78 Å². The van der Waals surface area contributed by atoms with Gasteiger partial charge in [0.05, 0.1) is 24.9 Å². The van der Waals surface area contributed by atoms with Crippen molar-refractivity contribution in [2.24, 2.45) is 0 Å². The van der Waals surface area contributed by atoms with Crippen LogP contribution in [0.15, 0.2) is 40.9 Å². The van der Waals surface area contributed by atoms with E-state index in [4.69, 9.17) is 9.15 Å². The lowest BCUT2D eigenvalue weighted by Crippen LogP contribution is -2.41. The fraction of sp³-hybridized carbons (Fsp3) is 0.435. The molecule has 1 atom stereocenters. The van der Waals surface area contributed by atoms with Crippen LogP contribution in [-0.4, -0.2) is 45.8 Å². The van der Waals surface area contributed by atoms with E-state index in [1.807, 2.05) is 24.3 Å². The molecule has 3 aromatic rings. The number of piperidine rings is 1. The van der Waals surface area contributed by atoms with Gasteiger partial charge in [0.25, 0.3) is 6.43 Å². The Morgan fingerprint density at radius 1 is 1.34 bits per heavy atom. The number of aromatic nitrogens is 3. The quantitative estimate of drug-likeness (QED) is 0.548. The largest absolute Gasteiger partial charge is 0.496 e. The van der Waals surface area contributed by atoms with E-state index in [0.29, 0.717) is 31.1 Å². The van der Waals surface area contributed by atoms with Crippen molar-refractivity contribution in [2.45, 2.75) is 45.1 Å². The van der Waals surface area contributed by atoms with E-state index in [1.165, 1.54) is 6.07 Å². The summed E-state index contributed by atoms with van der Waals surface area (Å²) in [6, 6.07) is 9.05. The van der Waals surface area contributed by atoms with Crippen LogP contribution >= 0.6 is 0 Å². The van der Waals surface area contributed by atoms with Gasteiger partial charge >= 0.3 is 0 Å². The topological polar surface area (TPSA) is 73.4 Å². The van der Waals surface area contributed by atoms with Crippen molar-refractivity contribution in [2.75, 3.05) is 20.2 Å². The minimum atomic E-state index is -2.67. The normalized spacial score (nSPS) is 16.5. The zero-order chi connectivity index (χ0) is 22.7. The van der Waals surface area contributed by atoms with Crippen molar-refractivity contribution in [1.29, 1.82) is 0 Å². The van der Waals surface area contributed by atoms with Crippen molar-refractivity contribution in [3.05, 3.63) is 65.1 Å². The molecule has 32 heavy (non-hydrogen) atoms. The van der Waals surface area contributed by atoms with Gasteiger partial charge < -0.3 is 14.1 Å². The first-order chi connectivity index (χ1) is 15.4. The third kappa shape index (κ3) is 4.81. The molecule has 0 spiro atoms. The number of ether oxygens (including phenoxy) is 1. The van der Waals surface area contributed by atoms with E-state index < -0.39 is 6.43 Å². The first-order valence-corrected chi connectivity index (χ1v) is 10.6. The number of para-hydroxylation sites is 1. The summed E-state index contributed by atoms with van der Waals surface area (Å²) in [5, 5.41) is 4.05. The number of benzene rings is 1. The average molecular weight is 444 g/mol. The van der Waals surface area contributed by atoms with E-state index in [9.17, 15) is 13.6 Å². The Balaban J connectivity index is 1.42. The van der Waals surface area contributed by atoms with Gasteiger partial charge in [-0.15, -0.1) is 0 Å². The van der Waals surface area contributed by atoms with Gasteiger partial charge in [0.2, 0.25) is 5.91 Å². The average Bonchev–Trinajstić information content (AvgIpc) is 3.40. The highest BCUT2D eigenvalue weighted by Crippen LogP contribution is 2.29. The molecule has 1 unspecified atom stereocenters. The monoisotopic (exact) mass is 444 g/mol. The van der Waals surface area contributed by atoms with Gasteiger partial charge in [0.1, 0.15) is 23.7 Å². The van der Waals surface area contributed by atoms with Gasteiger partial charge in [-0.05, 0) is 31.9 Å². The number of methoxy groups -OCH3 is 1. The summed E-state index contributed by atoms with van der Waals surface area (Å²) < 4.78 is 38.9. The second kappa shape index (κ2) is 9.50. The summed E-state index contributed by atoms with van der Waals surface area (Å²) in [7, 11) is 1.63. The molecule has 0 saturated carbocycles. The molecule has 1 aliphatic heterocycles. The maximum absolute atomic E-state index is 13.2. The number of alkyl halides is 2. The Bertz CT molecular complexity index is 1080. The number of nitrogens with zero attached hydrogens (tertiary/aromatic N) is 4. The summed E-state index contributed by atoms with van der Waals surface area (Å²) in [6.07, 6.45) is 1.24. The van der Waals surface area contributed by atoms with Gasteiger partial charge in [0.15, 0.2) is 5.89 Å². The lowest BCUT2D eigenvalue weighted by molar-refractivity contribution is -0.133. The highest BCUT2D eigenvalue weighted by Gasteiger charge is 2.29. The first-order valence-electron chi connectivity index (χ1n) is 10.6. The fourth-order valence-electron chi connectivity index (χ4n) is 4.13. The highest BCUT2D eigenvalue weighted by atomic mass is 19.3. The van der Waals surface area contributed by atoms with Crippen LogP contribution in [0.25, 0.3) is 0 Å². The highest BCUT2D eigenvalue weighted by molar-refractivity contribution is 5.76. The fourth-order valence-corrected chi connectivity index (χ4v) is 4.13. The summed E-state index contributed by atoms with van der Waals surface area (Å²) in [6.45, 7) is 2.45. The molecule has 1 saturated heterocycles. The van der Waals surface area contributed by atoms with Crippen LogP contribution in [0.1, 0.15) is 53.8 Å². The maximum Gasteiger partial charge on any atom is 0.280 e. The van der Waals surface area contributed by atoms with Crippen LogP contribution in [-0.2, 0) is 17.8 Å². The number of likely N-dealkylation sites (tertiary alicyclic amines) is 1. The molecule has 0 bridgehead atoms. The van der Waals surface area contributed by atoms with Crippen LogP contribution < -0.4 is 4.74 Å². The maximum atomic E-state index is 13.2. The Morgan fingerprint density at radius 3 is 2.94 bits per heavy atom. The van der Waals surface area contributed by atoms with Crippen LogP contribution in [0.5, 0.6) is 5.75 Å². The molecule has 170 valence electrons. The summed E-state index contributed by atoms with van der Waals surface area (Å²) in [5.74, 6) is 1.84. The Kier molecular flexibility index (Phi) is 6.53. The molecular formula is C23H26F2N4O3. The molecular weight excluding hydrogens is 418 g/mol. The van der Waals surface area contributed by atoms with Crippen molar-refractivity contribution in [1.82, 2.24) is 19.7 Å². The molecule has 1 aromatic carbocycles. The van der Waals surface area contributed by atoms with Gasteiger partial charge in [-0.2, -0.15) is 5.10 Å². The van der Waals surface area contributed by atoms with Gasteiger partial charge in [-0.3, -0.25) is 9.48 Å². The zero-order valence-electron chi connectivity index (χ0n) is 18.1. The second-order valence-corrected chi connectivity index (χ2v) is 8.00. The summed E-state index contributed by atoms with van der Waals surface area (Å²) >= 11 is 0. The first kappa shape index (κ1) is 22.0. The van der Waals surface area contributed by atoms with Crippen molar-refractivity contribution < 1.29 is 22.7 Å². The van der Waals surface area contributed by atoms with Gasteiger partial charge in [0, 0.05) is 25.1 Å². The van der Waals surface area contributed by atoms with E-state index in [0.717, 1.165) is 34.6 Å². The molecule has 1 fully saturated rings. The minimum absolute atomic E-state index is 0.0342. The number of hydrogen-bond acceptors (Lipinski definition) is 5. The predicted octanol–water partition coefficient (Wildman–Crippen LogP) is 4.12. The molecule has 1 aliphatic rings. The van der Waals surface area contributed by atoms with E-state index in [1.54, 1.807) is 25.1 Å². The standard InChI is InChI=1S/C23H26F2N4O3/c1-15-10-19(22(24)25)29(27-15)14-21(30)28-9-5-7-17(13-28)23-26-12-18(32-23)11-16-6-3-4-8-20(16)31-2/h3-4,6,8,10,12,17,22H,5,7,9,11,13-14H2,1-2H3. The molecule has 9 heteroatoms. The third-order valence-electron chi connectivity index (χ3n) is 5.69. The summed E-state index contributed by atoms with van der Waals surface area (Å²) in [4.78, 5) is 18.9. The number of carbonyl (C=O) groups excluding carboxylic acids is 1. The second-order valence-electron chi connectivity index (χ2n) is 8.00. The van der Waals surface area contributed by atoms with E-state index >= 15 is 0 Å². The Morgan fingerprint density at radius 2 is 2.16 bits per heavy atom. The minimum Gasteiger partial charge on any atom is -0.496 e. The predicted molar refractivity (Wildman–Crippen MR) is 113 cm³/mol. The number of aryl methyl sites for hydroxylation is 1. The molecule has 2 aromatic heterocycles. The Hall–Kier alpha value is -3.23. The number of amides is 1. The van der Waals surface area contributed by atoms with Crippen LogP contribution in [0.3, 0.4) is 0 Å². The van der Waals surface area contributed by atoms with E-state index in [-0.39, 0.29) is 24.1 Å². The van der Waals surface area contributed by atoms with Gasteiger partial charge in [-0.1, -0.05) is 18.2 Å². The van der Waals surface area contributed by atoms with Crippen LogP contribution in [0, 0.1) is 6.92 Å². The van der Waals surface area contributed by atoms with Crippen LogP contribution in [0.2, 0.25) is 0 Å². The van der Waals surface area contributed by atoms with Gasteiger partial charge in [-0.25, -0.2) is 13.8 Å². The molecule has 4 rings (SSSR count). The SMILES string of the molecule is COc1ccccc1Cc1cnc(C2CCCN(C(=O)Cn3nc(C)cc3C(F)F)C2)o1. The van der Waals surface area contributed by atoms with E-state index in [2.05, 4.69) is 10.1 Å². The molecule has 1 amide bonds.